The van der Waals surface area contributed by atoms with Gasteiger partial charge in [-0.1, -0.05) is 27.7 Å². The standard InChI is InChI=1S/C16H32N2O/c1-12(2)15-10-17-8-6-7-14(17)9-18(15)16(11-19-5)13(3)4/h12-16H,6-11H2,1-5H3. The third-order valence-electron chi connectivity index (χ3n) is 5.07. The minimum Gasteiger partial charge on any atom is -0.383 e. The highest BCUT2D eigenvalue weighted by Crippen LogP contribution is 2.30. The Morgan fingerprint density at radius 2 is 1.89 bits per heavy atom. The van der Waals surface area contributed by atoms with Gasteiger partial charge in [0, 0.05) is 38.3 Å². The maximum absolute atomic E-state index is 5.50. The van der Waals surface area contributed by atoms with Crippen LogP contribution in [0.1, 0.15) is 40.5 Å². The highest BCUT2D eigenvalue weighted by molar-refractivity contribution is 4.96. The summed E-state index contributed by atoms with van der Waals surface area (Å²) < 4.78 is 5.50. The minimum atomic E-state index is 0.570. The first-order valence-electron chi connectivity index (χ1n) is 8.03. The second kappa shape index (κ2) is 6.55. The van der Waals surface area contributed by atoms with Crippen molar-refractivity contribution in [3.05, 3.63) is 0 Å². The molecule has 0 aromatic heterocycles. The summed E-state index contributed by atoms with van der Waals surface area (Å²) in [5.74, 6) is 1.38. The summed E-state index contributed by atoms with van der Waals surface area (Å²) in [7, 11) is 1.84. The molecule has 0 N–H and O–H groups in total. The zero-order valence-corrected chi connectivity index (χ0v) is 13.4. The summed E-state index contributed by atoms with van der Waals surface area (Å²) in [4.78, 5) is 5.50. The van der Waals surface area contributed by atoms with Crippen molar-refractivity contribution in [3.8, 4) is 0 Å². The lowest BCUT2D eigenvalue weighted by molar-refractivity contribution is -0.0364. The molecule has 0 aromatic carbocycles. The zero-order chi connectivity index (χ0) is 14.0. The van der Waals surface area contributed by atoms with Gasteiger partial charge in [0.25, 0.3) is 0 Å². The lowest BCUT2D eigenvalue weighted by atomic mass is 9.92. The Morgan fingerprint density at radius 1 is 1.16 bits per heavy atom. The molecule has 2 rings (SSSR count). The van der Waals surface area contributed by atoms with E-state index in [4.69, 9.17) is 4.74 Å². The molecule has 2 fully saturated rings. The Morgan fingerprint density at radius 3 is 2.47 bits per heavy atom. The molecule has 2 aliphatic heterocycles. The van der Waals surface area contributed by atoms with Crippen LogP contribution in [0.2, 0.25) is 0 Å². The van der Waals surface area contributed by atoms with Crippen molar-refractivity contribution in [1.82, 2.24) is 9.80 Å². The molecule has 0 aliphatic carbocycles. The van der Waals surface area contributed by atoms with E-state index in [9.17, 15) is 0 Å². The highest BCUT2D eigenvalue weighted by atomic mass is 16.5. The molecule has 0 amide bonds. The number of fused-ring (bicyclic) bond motifs is 1. The molecule has 0 aromatic rings. The van der Waals surface area contributed by atoms with Gasteiger partial charge in [-0.05, 0) is 31.2 Å². The summed E-state index contributed by atoms with van der Waals surface area (Å²) in [6.45, 7) is 14.1. The van der Waals surface area contributed by atoms with Crippen LogP contribution in [0.5, 0.6) is 0 Å². The van der Waals surface area contributed by atoms with E-state index in [0.29, 0.717) is 18.0 Å². The molecular weight excluding hydrogens is 236 g/mol. The van der Waals surface area contributed by atoms with E-state index in [1.807, 2.05) is 7.11 Å². The van der Waals surface area contributed by atoms with Gasteiger partial charge in [0.1, 0.15) is 0 Å². The van der Waals surface area contributed by atoms with Crippen molar-refractivity contribution in [2.75, 3.05) is 33.4 Å². The molecule has 0 spiro atoms. The Balaban J connectivity index is 2.13. The largest absolute Gasteiger partial charge is 0.383 e. The van der Waals surface area contributed by atoms with Gasteiger partial charge in [-0.15, -0.1) is 0 Å². The SMILES string of the molecule is COCC(C(C)C)N1CC2CCCN2CC1C(C)C. The lowest BCUT2D eigenvalue weighted by Crippen LogP contribution is -2.62. The minimum absolute atomic E-state index is 0.570. The van der Waals surface area contributed by atoms with Crippen molar-refractivity contribution in [3.63, 3.8) is 0 Å². The first-order valence-corrected chi connectivity index (χ1v) is 8.03. The predicted octanol–water partition coefficient (Wildman–Crippen LogP) is 2.46. The van der Waals surface area contributed by atoms with Crippen LogP contribution in [0.3, 0.4) is 0 Å². The van der Waals surface area contributed by atoms with Crippen molar-refractivity contribution >= 4 is 0 Å². The van der Waals surface area contributed by atoms with Crippen molar-refractivity contribution in [1.29, 1.82) is 0 Å². The van der Waals surface area contributed by atoms with Crippen molar-refractivity contribution in [2.45, 2.75) is 58.7 Å². The summed E-state index contributed by atoms with van der Waals surface area (Å²) in [5.41, 5.74) is 0. The first kappa shape index (κ1) is 15.3. The van der Waals surface area contributed by atoms with E-state index in [1.54, 1.807) is 0 Å². The van der Waals surface area contributed by atoms with Crippen LogP contribution in [0, 0.1) is 11.8 Å². The fourth-order valence-corrected chi connectivity index (χ4v) is 3.88. The zero-order valence-electron chi connectivity index (χ0n) is 13.4. The van der Waals surface area contributed by atoms with E-state index in [0.717, 1.165) is 18.6 Å². The number of hydrogen-bond acceptors (Lipinski definition) is 3. The number of methoxy groups -OCH3 is 1. The molecule has 112 valence electrons. The van der Waals surface area contributed by atoms with Gasteiger partial charge >= 0.3 is 0 Å². The second-order valence-electron chi connectivity index (χ2n) is 7.07. The molecule has 2 saturated heterocycles. The fourth-order valence-electron chi connectivity index (χ4n) is 3.88. The van der Waals surface area contributed by atoms with E-state index in [-0.39, 0.29) is 0 Å². The van der Waals surface area contributed by atoms with Crippen molar-refractivity contribution < 1.29 is 4.74 Å². The average Bonchev–Trinajstić information content (AvgIpc) is 2.81. The second-order valence-corrected chi connectivity index (χ2v) is 7.07. The maximum atomic E-state index is 5.50. The molecule has 0 saturated carbocycles. The molecule has 2 aliphatic rings. The quantitative estimate of drug-likeness (QED) is 0.762. The topological polar surface area (TPSA) is 15.7 Å². The van der Waals surface area contributed by atoms with Crippen LogP contribution in [0.4, 0.5) is 0 Å². The lowest BCUT2D eigenvalue weighted by Gasteiger charge is -2.49. The van der Waals surface area contributed by atoms with Gasteiger partial charge in [-0.2, -0.15) is 0 Å². The summed E-state index contributed by atoms with van der Waals surface area (Å²) in [6, 6.07) is 2.06. The van der Waals surface area contributed by atoms with Crippen LogP contribution in [0.25, 0.3) is 0 Å². The van der Waals surface area contributed by atoms with Gasteiger partial charge in [0.2, 0.25) is 0 Å². The Hall–Kier alpha value is -0.120. The molecule has 2 heterocycles. The van der Waals surface area contributed by atoms with Gasteiger partial charge in [0.05, 0.1) is 6.61 Å². The van der Waals surface area contributed by atoms with Gasteiger partial charge in [0.15, 0.2) is 0 Å². The Labute approximate surface area is 119 Å². The molecule has 3 heteroatoms. The smallest absolute Gasteiger partial charge is 0.0620 e. The van der Waals surface area contributed by atoms with Gasteiger partial charge in [-0.3, -0.25) is 9.80 Å². The number of ether oxygens (including phenoxy) is 1. The van der Waals surface area contributed by atoms with Crippen LogP contribution in [-0.4, -0.2) is 61.3 Å². The normalized spacial score (nSPS) is 31.1. The third-order valence-corrected chi connectivity index (χ3v) is 5.07. The van der Waals surface area contributed by atoms with Gasteiger partial charge in [-0.25, -0.2) is 0 Å². The van der Waals surface area contributed by atoms with Gasteiger partial charge < -0.3 is 4.74 Å². The van der Waals surface area contributed by atoms with Crippen LogP contribution in [0.15, 0.2) is 0 Å². The maximum Gasteiger partial charge on any atom is 0.0620 e. The van der Waals surface area contributed by atoms with E-state index in [2.05, 4.69) is 37.5 Å². The third kappa shape index (κ3) is 3.32. The predicted molar refractivity (Wildman–Crippen MR) is 80.4 cm³/mol. The fraction of sp³-hybridized carbons (Fsp3) is 1.00. The monoisotopic (exact) mass is 268 g/mol. The van der Waals surface area contributed by atoms with Crippen LogP contribution < -0.4 is 0 Å². The van der Waals surface area contributed by atoms with Crippen molar-refractivity contribution in [2.24, 2.45) is 11.8 Å². The first-order chi connectivity index (χ1) is 9.04. The van der Waals surface area contributed by atoms with E-state index < -0.39 is 0 Å². The molecule has 3 nitrogen and oxygen atoms in total. The Kier molecular flexibility index (Phi) is 5.27. The Bertz CT molecular complexity index is 280. The summed E-state index contributed by atoms with van der Waals surface area (Å²) in [5, 5.41) is 0. The number of nitrogens with zero attached hydrogens (tertiary/aromatic N) is 2. The van der Waals surface area contributed by atoms with Crippen LogP contribution in [-0.2, 0) is 4.74 Å². The molecule has 0 bridgehead atoms. The van der Waals surface area contributed by atoms with Crippen LogP contribution >= 0.6 is 0 Å². The molecular formula is C16H32N2O. The molecule has 0 radical (unpaired) electrons. The van der Waals surface area contributed by atoms with E-state index in [1.165, 1.54) is 32.5 Å². The molecule has 19 heavy (non-hydrogen) atoms. The summed E-state index contributed by atoms with van der Waals surface area (Å²) in [6.07, 6.45) is 2.78. The highest BCUT2D eigenvalue weighted by Gasteiger charge is 2.40. The molecule has 3 atom stereocenters. The average molecular weight is 268 g/mol. The van der Waals surface area contributed by atoms with E-state index >= 15 is 0 Å². The number of rotatable bonds is 5. The molecule has 3 unspecified atom stereocenters. The summed E-state index contributed by atoms with van der Waals surface area (Å²) >= 11 is 0. The number of piperazine rings is 1. The number of hydrogen-bond donors (Lipinski definition) is 0.